The Labute approximate surface area is 94.7 Å². The molecular weight excluding hydrogens is 200 g/mol. The van der Waals surface area contributed by atoms with Crippen molar-refractivity contribution in [3.05, 3.63) is 24.2 Å². The summed E-state index contributed by atoms with van der Waals surface area (Å²) in [7, 11) is 0. The van der Waals surface area contributed by atoms with Gasteiger partial charge in [-0.3, -0.25) is 0 Å². The molecule has 1 fully saturated rings. The number of aryl methyl sites for hydroxylation is 1. The average molecular weight is 216 g/mol. The zero-order chi connectivity index (χ0) is 11.0. The molecule has 0 aliphatic carbocycles. The van der Waals surface area contributed by atoms with Crippen LogP contribution in [-0.2, 0) is 6.54 Å². The third-order valence-electron chi connectivity index (χ3n) is 3.22. The maximum absolute atomic E-state index is 4.70. The zero-order valence-corrected chi connectivity index (χ0v) is 9.48. The molecule has 0 spiro atoms. The molecule has 1 aliphatic rings. The minimum atomic E-state index is 0.411. The van der Waals surface area contributed by atoms with Gasteiger partial charge in [-0.2, -0.15) is 0 Å². The topological polar surface area (TPSA) is 42.7 Å². The van der Waals surface area contributed by atoms with Gasteiger partial charge in [0.1, 0.15) is 11.3 Å². The van der Waals surface area contributed by atoms with Crippen LogP contribution in [0.15, 0.2) is 18.3 Å². The molecule has 1 aliphatic heterocycles. The molecule has 1 N–H and O–H groups in total. The standard InChI is InChI=1S/C12H16N4/c1-2-16-11-10(6-4-8-14-11)15-12(16)9-5-3-7-13-9/h4,6,8-9,13H,2-3,5,7H2,1H3. The summed E-state index contributed by atoms with van der Waals surface area (Å²) in [6, 6.07) is 4.39. The van der Waals surface area contributed by atoms with Crippen LogP contribution in [0.2, 0.25) is 0 Å². The molecule has 1 unspecified atom stereocenters. The van der Waals surface area contributed by atoms with Gasteiger partial charge in [0.2, 0.25) is 0 Å². The van der Waals surface area contributed by atoms with Crippen molar-refractivity contribution in [2.45, 2.75) is 32.4 Å². The highest BCUT2D eigenvalue weighted by Gasteiger charge is 2.22. The zero-order valence-electron chi connectivity index (χ0n) is 9.48. The van der Waals surface area contributed by atoms with Gasteiger partial charge in [0.25, 0.3) is 0 Å². The normalized spacial score (nSPS) is 20.7. The van der Waals surface area contributed by atoms with Crippen LogP contribution in [0.1, 0.15) is 31.6 Å². The summed E-state index contributed by atoms with van der Waals surface area (Å²) in [5, 5.41) is 3.50. The smallest absolute Gasteiger partial charge is 0.160 e. The van der Waals surface area contributed by atoms with Gasteiger partial charge < -0.3 is 9.88 Å². The van der Waals surface area contributed by atoms with Crippen molar-refractivity contribution in [2.24, 2.45) is 0 Å². The second kappa shape index (κ2) is 3.87. The van der Waals surface area contributed by atoms with Gasteiger partial charge in [0.15, 0.2) is 5.65 Å². The second-order valence-corrected chi connectivity index (χ2v) is 4.21. The molecule has 0 radical (unpaired) electrons. The van der Waals surface area contributed by atoms with Crippen LogP contribution in [0, 0.1) is 0 Å². The molecule has 0 amide bonds. The molecular formula is C12H16N4. The van der Waals surface area contributed by atoms with E-state index >= 15 is 0 Å². The number of rotatable bonds is 2. The van der Waals surface area contributed by atoms with Crippen LogP contribution >= 0.6 is 0 Å². The summed E-state index contributed by atoms with van der Waals surface area (Å²) in [6.45, 7) is 4.18. The first kappa shape index (κ1) is 9.78. The first-order chi connectivity index (χ1) is 7.90. The van der Waals surface area contributed by atoms with Crippen molar-refractivity contribution in [3.63, 3.8) is 0 Å². The van der Waals surface area contributed by atoms with E-state index in [0.717, 1.165) is 30.1 Å². The highest BCUT2D eigenvalue weighted by molar-refractivity contribution is 5.71. The lowest BCUT2D eigenvalue weighted by molar-refractivity contribution is 0.563. The molecule has 84 valence electrons. The molecule has 1 atom stereocenters. The molecule has 3 rings (SSSR count). The van der Waals surface area contributed by atoms with Gasteiger partial charge >= 0.3 is 0 Å². The Morgan fingerprint density at radius 3 is 3.25 bits per heavy atom. The van der Waals surface area contributed by atoms with Crippen molar-refractivity contribution in [1.29, 1.82) is 0 Å². The summed E-state index contributed by atoms with van der Waals surface area (Å²) in [5.74, 6) is 1.15. The summed E-state index contributed by atoms with van der Waals surface area (Å²) in [6.07, 6.45) is 4.26. The van der Waals surface area contributed by atoms with Crippen molar-refractivity contribution in [1.82, 2.24) is 19.9 Å². The van der Waals surface area contributed by atoms with Crippen LogP contribution in [-0.4, -0.2) is 21.1 Å². The fraction of sp³-hybridized carbons (Fsp3) is 0.500. The number of fused-ring (bicyclic) bond motifs is 1. The molecule has 1 saturated heterocycles. The SMILES string of the molecule is CCn1c(C2CCCN2)nc2cccnc21. The maximum Gasteiger partial charge on any atom is 0.160 e. The number of hydrogen-bond donors (Lipinski definition) is 1. The van der Waals surface area contributed by atoms with Crippen molar-refractivity contribution in [3.8, 4) is 0 Å². The van der Waals surface area contributed by atoms with E-state index in [1.54, 1.807) is 0 Å². The third-order valence-corrected chi connectivity index (χ3v) is 3.22. The fourth-order valence-electron chi connectivity index (χ4n) is 2.46. The van der Waals surface area contributed by atoms with Crippen molar-refractivity contribution < 1.29 is 0 Å². The number of imidazole rings is 1. The van der Waals surface area contributed by atoms with Crippen LogP contribution in [0.25, 0.3) is 11.2 Å². The Hall–Kier alpha value is -1.42. The Balaban J connectivity index is 2.15. The summed E-state index contributed by atoms with van der Waals surface area (Å²) < 4.78 is 2.22. The van der Waals surface area contributed by atoms with Gasteiger partial charge in [-0.15, -0.1) is 0 Å². The number of nitrogens with one attached hydrogen (secondary N) is 1. The lowest BCUT2D eigenvalue weighted by Gasteiger charge is -2.11. The maximum atomic E-state index is 4.70. The van der Waals surface area contributed by atoms with Crippen LogP contribution < -0.4 is 5.32 Å². The monoisotopic (exact) mass is 216 g/mol. The van der Waals surface area contributed by atoms with Crippen LogP contribution in [0.3, 0.4) is 0 Å². The van der Waals surface area contributed by atoms with Crippen molar-refractivity contribution in [2.75, 3.05) is 6.54 Å². The van der Waals surface area contributed by atoms with Crippen LogP contribution in [0.4, 0.5) is 0 Å². The van der Waals surface area contributed by atoms with E-state index in [1.165, 1.54) is 12.8 Å². The quantitative estimate of drug-likeness (QED) is 0.833. The predicted molar refractivity (Wildman–Crippen MR) is 63.2 cm³/mol. The van der Waals surface area contributed by atoms with E-state index in [9.17, 15) is 0 Å². The minimum absolute atomic E-state index is 0.411. The van der Waals surface area contributed by atoms with E-state index in [2.05, 4.69) is 21.8 Å². The lowest BCUT2D eigenvalue weighted by Crippen LogP contribution is -2.17. The Kier molecular flexibility index (Phi) is 2.36. The van der Waals surface area contributed by atoms with Gasteiger partial charge in [-0.1, -0.05) is 0 Å². The van der Waals surface area contributed by atoms with Gasteiger partial charge in [0, 0.05) is 12.7 Å². The Morgan fingerprint density at radius 2 is 2.50 bits per heavy atom. The fourth-order valence-corrected chi connectivity index (χ4v) is 2.46. The van der Waals surface area contributed by atoms with Crippen molar-refractivity contribution >= 4 is 11.2 Å². The summed E-state index contributed by atoms with van der Waals surface area (Å²) in [5.41, 5.74) is 2.02. The first-order valence-corrected chi connectivity index (χ1v) is 5.94. The predicted octanol–water partition coefficient (Wildman–Crippen LogP) is 1.88. The number of pyridine rings is 1. The molecule has 0 bridgehead atoms. The minimum Gasteiger partial charge on any atom is -0.312 e. The van der Waals surface area contributed by atoms with Gasteiger partial charge in [-0.25, -0.2) is 9.97 Å². The Bertz CT molecular complexity index is 497. The average Bonchev–Trinajstić information content (AvgIpc) is 2.95. The summed E-state index contributed by atoms with van der Waals surface area (Å²) in [4.78, 5) is 9.12. The highest BCUT2D eigenvalue weighted by Crippen LogP contribution is 2.25. The lowest BCUT2D eigenvalue weighted by atomic mass is 10.2. The molecule has 2 aromatic heterocycles. The van der Waals surface area contributed by atoms with E-state index in [4.69, 9.17) is 4.98 Å². The van der Waals surface area contributed by atoms with Gasteiger partial charge in [0.05, 0.1) is 6.04 Å². The molecule has 0 aromatic carbocycles. The molecule has 4 heteroatoms. The summed E-state index contributed by atoms with van der Waals surface area (Å²) >= 11 is 0. The first-order valence-electron chi connectivity index (χ1n) is 5.94. The molecule has 3 heterocycles. The molecule has 2 aromatic rings. The number of hydrogen-bond acceptors (Lipinski definition) is 3. The molecule has 0 saturated carbocycles. The molecule has 4 nitrogen and oxygen atoms in total. The third kappa shape index (κ3) is 1.41. The van der Waals surface area contributed by atoms with Gasteiger partial charge in [-0.05, 0) is 38.4 Å². The van der Waals surface area contributed by atoms with E-state index in [-0.39, 0.29) is 0 Å². The van der Waals surface area contributed by atoms with Crippen LogP contribution in [0.5, 0.6) is 0 Å². The second-order valence-electron chi connectivity index (χ2n) is 4.21. The largest absolute Gasteiger partial charge is 0.312 e. The van der Waals surface area contributed by atoms with E-state index in [0.29, 0.717) is 6.04 Å². The van der Waals surface area contributed by atoms with E-state index in [1.807, 2.05) is 18.3 Å². The highest BCUT2D eigenvalue weighted by atomic mass is 15.2. The molecule has 16 heavy (non-hydrogen) atoms. The number of nitrogens with zero attached hydrogens (tertiary/aromatic N) is 3. The number of aromatic nitrogens is 3. The van der Waals surface area contributed by atoms with E-state index < -0.39 is 0 Å². The Morgan fingerprint density at radius 1 is 1.56 bits per heavy atom.